The lowest BCUT2D eigenvalue weighted by Crippen LogP contribution is -2.26. The van der Waals surface area contributed by atoms with Crippen molar-refractivity contribution in [2.45, 2.75) is 38.5 Å². The van der Waals surface area contributed by atoms with Gasteiger partial charge in [-0.05, 0) is 79.9 Å². The van der Waals surface area contributed by atoms with Gasteiger partial charge in [0.05, 0.1) is 5.69 Å². The van der Waals surface area contributed by atoms with E-state index in [1.54, 1.807) is 0 Å². The van der Waals surface area contributed by atoms with Gasteiger partial charge in [-0.2, -0.15) is 0 Å². The van der Waals surface area contributed by atoms with Gasteiger partial charge in [-0.25, -0.2) is 15.0 Å². The molecule has 0 atom stereocenters. The van der Waals surface area contributed by atoms with Crippen molar-refractivity contribution in [1.82, 2.24) is 15.0 Å². The van der Waals surface area contributed by atoms with Crippen LogP contribution in [0.3, 0.4) is 0 Å². The van der Waals surface area contributed by atoms with E-state index >= 15 is 0 Å². The van der Waals surface area contributed by atoms with Crippen molar-refractivity contribution in [2.24, 2.45) is 0 Å². The Kier molecular flexibility index (Phi) is 8.47. The van der Waals surface area contributed by atoms with Crippen LogP contribution in [0.2, 0.25) is 0 Å². The zero-order valence-corrected chi connectivity index (χ0v) is 34.8. The number of fused-ring (bicyclic) bond motifs is 6. The summed E-state index contributed by atoms with van der Waals surface area (Å²) in [6, 6.07) is 69.1. The van der Waals surface area contributed by atoms with Gasteiger partial charge in [-0.3, -0.25) is 0 Å². The first-order valence-electron chi connectivity index (χ1n) is 21.1. The molecule has 4 heteroatoms. The third-order valence-electron chi connectivity index (χ3n) is 12.9. The number of para-hydroxylation sites is 2. The van der Waals surface area contributed by atoms with Gasteiger partial charge in [-0.15, -0.1) is 0 Å². The third-order valence-corrected chi connectivity index (χ3v) is 12.9. The fraction of sp³-hybridized carbons (Fsp3) is 0.105. The van der Waals surface area contributed by atoms with Gasteiger partial charge in [0.1, 0.15) is 0 Å². The molecule has 61 heavy (non-hydrogen) atoms. The molecular formula is C57H44N4. The fourth-order valence-corrected chi connectivity index (χ4v) is 10.0. The molecule has 9 aromatic rings. The highest BCUT2D eigenvalue weighted by Crippen LogP contribution is 2.65. The lowest BCUT2D eigenvalue weighted by Gasteiger charge is -2.37. The smallest absolute Gasteiger partial charge is 0.165 e. The number of benzene rings is 8. The van der Waals surface area contributed by atoms with Crippen molar-refractivity contribution < 1.29 is 0 Å². The van der Waals surface area contributed by atoms with Crippen LogP contribution in [0, 0.1) is 0 Å². The van der Waals surface area contributed by atoms with Crippen molar-refractivity contribution in [1.29, 1.82) is 0 Å². The second kappa shape index (κ2) is 14.1. The van der Waals surface area contributed by atoms with E-state index < -0.39 is 0 Å². The second-order valence-electron chi connectivity index (χ2n) is 17.2. The summed E-state index contributed by atoms with van der Waals surface area (Å²) >= 11 is 0. The van der Waals surface area contributed by atoms with E-state index in [-0.39, 0.29) is 10.8 Å². The summed E-state index contributed by atoms with van der Waals surface area (Å²) in [7, 11) is 0. The molecule has 0 unspecified atom stereocenters. The Morgan fingerprint density at radius 3 is 1.15 bits per heavy atom. The molecular weight excluding hydrogens is 741 g/mol. The SMILES string of the molecule is CC1(C)c2ccccc2-c2c(-c3nc(-c4ccccc4)nc(-c4ccc(-c5ccccc5)cc4)n3)c3c(c(N(c4ccccc4)c4ccccc4)c21)C(C)(C)c1ccccc1-3. The van der Waals surface area contributed by atoms with Crippen LogP contribution >= 0.6 is 0 Å². The predicted octanol–water partition coefficient (Wildman–Crippen LogP) is 14.6. The number of rotatable bonds is 7. The molecule has 0 radical (unpaired) electrons. The Morgan fingerprint density at radius 2 is 0.672 bits per heavy atom. The maximum Gasteiger partial charge on any atom is 0.165 e. The van der Waals surface area contributed by atoms with Gasteiger partial charge in [0.15, 0.2) is 17.5 Å². The van der Waals surface area contributed by atoms with Crippen LogP contribution in [0.25, 0.3) is 67.5 Å². The monoisotopic (exact) mass is 784 g/mol. The van der Waals surface area contributed by atoms with E-state index in [0.29, 0.717) is 17.5 Å². The Labute approximate surface area is 357 Å². The first-order valence-corrected chi connectivity index (χ1v) is 21.1. The summed E-state index contributed by atoms with van der Waals surface area (Å²) in [5.41, 5.74) is 17.8. The minimum atomic E-state index is -0.386. The summed E-state index contributed by atoms with van der Waals surface area (Å²) in [5, 5.41) is 0. The van der Waals surface area contributed by atoms with Crippen molar-refractivity contribution in [3.63, 3.8) is 0 Å². The first-order chi connectivity index (χ1) is 29.8. The quantitative estimate of drug-likeness (QED) is 0.161. The highest BCUT2D eigenvalue weighted by molar-refractivity contribution is 6.09. The van der Waals surface area contributed by atoms with E-state index in [1.165, 1.54) is 55.8 Å². The third kappa shape index (κ3) is 5.78. The highest BCUT2D eigenvalue weighted by atomic mass is 15.2. The molecule has 8 aromatic carbocycles. The molecule has 0 bridgehead atoms. The Hall–Kier alpha value is -7.43. The van der Waals surface area contributed by atoms with Crippen LogP contribution in [0.4, 0.5) is 17.1 Å². The van der Waals surface area contributed by atoms with Gasteiger partial charge >= 0.3 is 0 Å². The van der Waals surface area contributed by atoms with Gasteiger partial charge in [-0.1, -0.05) is 198 Å². The molecule has 0 fully saturated rings. The van der Waals surface area contributed by atoms with Gasteiger partial charge in [0.25, 0.3) is 0 Å². The van der Waals surface area contributed by atoms with Crippen molar-refractivity contribution in [2.75, 3.05) is 4.90 Å². The molecule has 2 aliphatic carbocycles. The molecule has 0 saturated carbocycles. The summed E-state index contributed by atoms with van der Waals surface area (Å²) in [6.45, 7) is 9.57. The van der Waals surface area contributed by atoms with Gasteiger partial charge in [0, 0.05) is 38.9 Å². The zero-order valence-electron chi connectivity index (χ0n) is 34.8. The average Bonchev–Trinajstić information content (AvgIpc) is 3.70. The maximum atomic E-state index is 5.55. The fourth-order valence-electron chi connectivity index (χ4n) is 10.0. The Bertz CT molecular complexity index is 2980. The highest BCUT2D eigenvalue weighted by Gasteiger charge is 2.49. The molecule has 1 heterocycles. The molecule has 2 aliphatic rings. The van der Waals surface area contributed by atoms with E-state index in [1.807, 2.05) is 6.07 Å². The number of hydrogen-bond acceptors (Lipinski definition) is 4. The summed E-state index contributed by atoms with van der Waals surface area (Å²) in [4.78, 5) is 18.8. The molecule has 0 saturated heterocycles. The Morgan fingerprint density at radius 1 is 0.328 bits per heavy atom. The first kappa shape index (κ1) is 36.6. The van der Waals surface area contributed by atoms with Crippen LogP contribution in [-0.2, 0) is 10.8 Å². The minimum Gasteiger partial charge on any atom is -0.310 e. The minimum absolute atomic E-state index is 0.386. The number of anilines is 3. The maximum absolute atomic E-state index is 5.55. The molecule has 0 spiro atoms. The predicted molar refractivity (Wildman–Crippen MR) is 251 cm³/mol. The molecule has 0 N–H and O–H groups in total. The standard InChI is InChI=1S/C57H44N4/c1-56(2)45-31-19-17-29-43(45)47-49(55-59-53(39-23-11-6-12-24-39)58-54(60-55)40-35-33-38(34-36-40)37-21-9-5-10-22-37)48-44-30-18-20-32-46(44)57(3,4)51(48)52(50(47)56)61(41-25-13-7-14-26-41)42-27-15-8-16-28-42/h5-36H,1-4H3. The van der Waals surface area contributed by atoms with E-state index in [2.05, 4.69) is 221 Å². The average molecular weight is 785 g/mol. The van der Waals surface area contributed by atoms with Crippen molar-refractivity contribution >= 4 is 17.1 Å². The van der Waals surface area contributed by atoms with Crippen LogP contribution in [0.15, 0.2) is 194 Å². The number of hydrogen-bond donors (Lipinski definition) is 0. The van der Waals surface area contributed by atoms with E-state index in [4.69, 9.17) is 15.0 Å². The number of aromatic nitrogens is 3. The Balaban J connectivity index is 1.29. The molecule has 1 aromatic heterocycles. The normalized spacial score (nSPS) is 13.8. The second-order valence-corrected chi connectivity index (χ2v) is 17.2. The summed E-state index contributed by atoms with van der Waals surface area (Å²) in [5.74, 6) is 1.95. The number of nitrogens with zero attached hydrogens (tertiary/aromatic N) is 4. The van der Waals surface area contributed by atoms with Crippen LogP contribution < -0.4 is 4.90 Å². The summed E-state index contributed by atoms with van der Waals surface area (Å²) < 4.78 is 0. The largest absolute Gasteiger partial charge is 0.310 e. The van der Waals surface area contributed by atoms with Crippen molar-refractivity contribution in [3.05, 3.63) is 216 Å². The molecule has 4 nitrogen and oxygen atoms in total. The van der Waals surface area contributed by atoms with E-state index in [9.17, 15) is 0 Å². The van der Waals surface area contributed by atoms with Gasteiger partial charge < -0.3 is 4.90 Å². The van der Waals surface area contributed by atoms with Crippen LogP contribution in [-0.4, -0.2) is 15.0 Å². The zero-order chi connectivity index (χ0) is 41.3. The molecule has 292 valence electrons. The van der Waals surface area contributed by atoms with Crippen LogP contribution in [0.5, 0.6) is 0 Å². The summed E-state index contributed by atoms with van der Waals surface area (Å²) in [6.07, 6.45) is 0. The molecule has 0 aliphatic heterocycles. The lowest BCUT2D eigenvalue weighted by atomic mass is 9.74. The molecule has 0 amide bonds. The van der Waals surface area contributed by atoms with E-state index in [0.717, 1.165) is 33.6 Å². The topological polar surface area (TPSA) is 41.9 Å². The molecule has 11 rings (SSSR count). The lowest BCUT2D eigenvalue weighted by molar-refractivity contribution is 0.640. The van der Waals surface area contributed by atoms with Crippen LogP contribution in [0.1, 0.15) is 49.9 Å². The van der Waals surface area contributed by atoms with Gasteiger partial charge in [0.2, 0.25) is 0 Å². The van der Waals surface area contributed by atoms with Crippen molar-refractivity contribution in [3.8, 4) is 67.5 Å².